The molecular formula is C13H12F3NO3. The Balaban J connectivity index is 2.80. The fourth-order valence-corrected chi connectivity index (χ4v) is 1.26. The van der Waals surface area contributed by atoms with Gasteiger partial charge in [-0.1, -0.05) is 11.8 Å². The van der Waals surface area contributed by atoms with Gasteiger partial charge >= 0.3 is 12.3 Å². The van der Waals surface area contributed by atoms with Gasteiger partial charge in [-0.05, 0) is 25.1 Å². The van der Waals surface area contributed by atoms with Crippen molar-refractivity contribution in [2.45, 2.75) is 19.7 Å². The van der Waals surface area contributed by atoms with Gasteiger partial charge in [0.1, 0.15) is 6.42 Å². The van der Waals surface area contributed by atoms with Crippen LogP contribution in [0.4, 0.5) is 18.9 Å². The summed E-state index contributed by atoms with van der Waals surface area (Å²) in [6, 6.07) is 3.73. The van der Waals surface area contributed by atoms with E-state index in [1.165, 1.54) is 12.1 Å². The topological polar surface area (TPSA) is 61.5 Å². The number of halogens is 3. The molecule has 1 rings (SSSR count). The third kappa shape index (κ3) is 5.52. The minimum Gasteiger partial charge on any atom is -0.465 e. The van der Waals surface area contributed by atoms with Gasteiger partial charge in [-0.25, -0.2) is 0 Å². The molecule has 1 aromatic rings. The molecule has 0 atom stereocenters. The van der Waals surface area contributed by atoms with Crippen molar-refractivity contribution in [1.82, 2.24) is 0 Å². The molecule has 0 amide bonds. The third-order valence-corrected chi connectivity index (χ3v) is 2.01. The molecule has 0 bridgehead atoms. The van der Waals surface area contributed by atoms with Gasteiger partial charge in [0.15, 0.2) is 5.75 Å². The smallest absolute Gasteiger partial charge is 0.465 e. The highest BCUT2D eigenvalue weighted by atomic mass is 19.4. The molecule has 0 unspecified atom stereocenters. The Bertz CT molecular complexity index is 544. The largest absolute Gasteiger partial charge is 0.573 e. The van der Waals surface area contributed by atoms with Crippen molar-refractivity contribution in [1.29, 1.82) is 0 Å². The Morgan fingerprint density at radius 1 is 1.40 bits per heavy atom. The normalized spacial score (nSPS) is 10.4. The summed E-state index contributed by atoms with van der Waals surface area (Å²) < 4.78 is 44.8. The average molecular weight is 287 g/mol. The molecule has 4 nitrogen and oxygen atoms in total. The van der Waals surface area contributed by atoms with Crippen molar-refractivity contribution in [2.75, 3.05) is 12.3 Å². The molecule has 0 radical (unpaired) electrons. The van der Waals surface area contributed by atoms with Crippen molar-refractivity contribution < 1.29 is 27.4 Å². The molecule has 0 aliphatic carbocycles. The number of rotatable bonds is 3. The first-order valence-corrected chi connectivity index (χ1v) is 5.61. The number of alkyl halides is 3. The number of esters is 1. The van der Waals surface area contributed by atoms with Crippen LogP contribution in [0.1, 0.15) is 18.9 Å². The lowest BCUT2D eigenvalue weighted by Crippen LogP contribution is -2.18. The Hall–Kier alpha value is -2.36. The summed E-state index contributed by atoms with van der Waals surface area (Å²) in [7, 11) is 0. The number of hydrogen-bond donors (Lipinski definition) is 1. The fraction of sp³-hybridized carbons (Fsp3) is 0.308. The molecule has 0 saturated heterocycles. The summed E-state index contributed by atoms with van der Waals surface area (Å²) in [5.41, 5.74) is 5.46. The van der Waals surface area contributed by atoms with Crippen molar-refractivity contribution in [3.8, 4) is 17.6 Å². The Labute approximate surface area is 113 Å². The summed E-state index contributed by atoms with van der Waals surface area (Å²) in [4.78, 5) is 11.0. The first-order chi connectivity index (χ1) is 9.31. The molecule has 20 heavy (non-hydrogen) atoms. The van der Waals surface area contributed by atoms with Crippen LogP contribution in [0.25, 0.3) is 0 Å². The number of hydrogen-bond acceptors (Lipinski definition) is 4. The maximum atomic E-state index is 12.1. The van der Waals surface area contributed by atoms with Gasteiger partial charge in [0.05, 0.1) is 12.3 Å². The van der Waals surface area contributed by atoms with E-state index in [0.717, 1.165) is 6.07 Å². The van der Waals surface area contributed by atoms with Gasteiger partial charge in [-0.15, -0.1) is 13.2 Å². The molecule has 1 aromatic carbocycles. The Morgan fingerprint density at radius 2 is 2.10 bits per heavy atom. The SMILES string of the molecule is CCOC(=O)CC#Cc1ccc(N)c(OC(F)(F)F)c1. The maximum absolute atomic E-state index is 12.1. The molecule has 0 aliphatic rings. The standard InChI is InChI=1S/C13H12F3NO3/c1-2-19-12(18)5-3-4-9-6-7-10(17)11(8-9)20-13(14,15)16/h6-8H,2,5,17H2,1H3. The van der Waals surface area contributed by atoms with Gasteiger partial charge in [-0.2, -0.15) is 0 Å². The molecule has 0 spiro atoms. The molecular weight excluding hydrogens is 275 g/mol. The van der Waals surface area contributed by atoms with E-state index >= 15 is 0 Å². The lowest BCUT2D eigenvalue weighted by molar-refractivity contribution is -0.274. The summed E-state index contributed by atoms with van der Waals surface area (Å²) in [6.45, 7) is 1.90. The van der Waals surface area contributed by atoms with E-state index in [1.54, 1.807) is 6.92 Å². The van der Waals surface area contributed by atoms with E-state index in [9.17, 15) is 18.0 Å². The lowest BCUT2D eigenvalue weighted by atomic mass is 10.2. The number of nitrogens with two attached hydrogens (primary N) is 1. The van der Waals surface area contributed by atoms with Crippen LogP contribution in [0.15, 0.2) is 18.2 Å². The van der Waals surface area contributed by atoms with Gasteiger partial charge in [0, 0.05) is 5.56 Å². The second-order valence-electron chi connectivity index (χ2n) is 3.58. The second-order valence-corrected chi connectivity index (χ2v) is 3.58. The predicted octanol–water partition coefficient (Wildman–Crippen LogP) is 2.47. The molecule has 0 heterocycles. The van der Waals surface area contributed by atoms with Crippen LogP contribution in [-0.4, -0.2) is 18.9 Å². The molecule has 0 saturated carbocycles. The summed E-state index contributed by atoms with van der Waals surface area (Å²) in [5.74, 6) is 4.00. The minimum atomic E-state index is -4.83. The van der Waals surface area contributed by atoms with Crippen LogP contribution in [-0.2, 0) is 9.53 Å². The Morgan fingerprint density at radius 3 is 2.70 bits per heavy atom. The van der Waals surface area contributed by atoms with Crippen LogP contribution in [0.3, 0.4) is 0 Å². The van der Waals surface area contributed by atoms with Gasteiger partial charge in [0.25, 0.3) is 0 Å². The predicted molar refractivity (Wildman–Crippen MR) is 65.7 cm³/mol. The number of benzene rings is 1. The number of anilines is 1. The first-order valence-electron chi connectivity index (χ1n) is 5.61. The zero-order valence-corrected chi connectivity index (χ0v) is 10.6. The monoisotopic (exact) mass is 287 g/mol. The van der Waals surface area contributed by atoms with Crippen LogP contribution >= 0.6 is 0 Å². The quantitative estimate of drug-likeness (QED) is 0.527. The molecule has 7 heteroatoms. The van der Waals surface area contributed by atoms with Crippen LogP contribution in [0.5, 0.6) is 5.75 Å². The number of carbonyl (C=O) groups excluding carboxylic acids is 1. The van der Waals surface area contributed by atoms with Crippen LogP contribution in [0, 0.1) is 11.8 Å². The van der Waals surface area contributed by atoms with Crippen LogP contribution in [0.2, 0.25) is 0 Å². The summed E-state index contributed by atoms with van der Waals surface area (Å²) >= 11 is 0. The van der Waals surface area contributed by atoms with E-state index in [4.69, 9.17) is 5.73 Å². The number of nitrogen functional groups attached to an aromatic ring is 1. The second kappa shape index (κ2) is 6.70. The van der Waals surface area contributed by atoms with Crippen molar-refractivity contribution in [3.05, 3.63) is 23.8 Å². The van der Waals surface area contributed by atoms with E-state index in [1.807, 2.05) is 0 Å². The number of carbonyl (C=O) groups is 1. The van der Waals surface area contributed by atoms with Crippen LogP contribution < -0.4 is 10.5 Å². The highest BCUT2D eigenvalue weighted by Crippen LogP contribution is 2.28. The van der Waals surface area contributed by atoms with Crippen molar-refractivity contribution in [3.63, 3.8) is 0 Å². The van der Waals surface area contributed by atoms with E-state index < -0.39 is 18.1 Å². The van der Waals surface area contributed by atoms with Gasteiger partial charge in [-0.3, -0.25) is 4.79 Å². The van der Waals surface area contributed by atoms with E-state index in [0.29, 0.717) is 0 Å². The lowest BCUT2D eigenvalue weighted by Gasteiger charge is -2.10. The zero-order valence-electron chi connectivity index (χ0n) is 10.6. The first kappa shape index (κ1) is 15.7. The van der Waals surface area contributed by atoms with Crippen molar-refractivity contribution in [2.24, 2.45) is 0 Å². The highest BCUT2D eigenvalue weighted by Gasteiger charge is 2.31. The summed E-state index contributed by atoms with van der Waals surface area (Å²) in [5, 5.41) is 0. The average Bonchev–Trinajstić information content (AvgIpc) is 2.32. The zero-order chi connectivity index (χ0) is 15.2. The minimum absolute atomic E-state index is 0.145. The highest BCUT2D eigenvalue weighted by molar-refractivity contribution is 5.72. The molecule has 0 aliphatic heterocycles. The molecule has 108 valence electrons. The van der Waals surface area contributed by atoms with E-state index in [-0.39, 0.29) is 24.3 Å². The Kier molecular flexibility index (Phi) is 5.26. The number of ether oxygens (including phenoxy) is 2. The van der Waals surface area contributed by atoms with Gasteiger partial charge < -0.3 is 15.2 Å². The summed E-state index contributed by atoms with van der Waals surface area (Å²) in [6.07, 6.45) is -4.97. The van der Waals surface area contributed by atoms with E-state index in [2.05, 4.69) is 21.3 Å². The molecule has 0 aromatic heterocycles. The molecule has 2 N–H and O–H groups in total. The molecule has 0 fully saturated rings. The fourth-order valence-electron chi connectivity index (χ4n) is 1.26. The van der Waals surface area contributed by atoms with Gasteiger partial charge in [0.2, 0.25) is 0 Å². The third-order valence-electron chi connectivity index (χ3n) is 2.01. The maximum Gasteiger partial charge on any atom is 0.573 e. The van der Waals surface area contributed by atoms with Crippen molar-refractivity contribution >= 4 is 11.7 Å².